The zero-order valence-corrected chi connectivity index (χ0v) is 13.2. The molecule has 0 radical (unpaired) electrons. The lowest BCUT2D eigenvalue weighted by atomic mass is 9.87. The molecule has 1 atom stereocenters. The molecule has 2 aromatic heterocycles. The highest BCUT2D eigenvalue weighted by molar-refractivity contribution is 7.20. The lowest BCUT2D eigenvalue weighted by Crippen LogP contribution is -2.18. The van der Waals surface area contributed by atoms with Crippen molar-refractivity contribution in [3.63, 3.8) is 0 Å². The van der Waals surface area contributed by atoms with Crippen LogP contribution in [0.25, 0.3) is 15.3 Å². The predicted octanol–water partition coefficient (Wildman–Crippen LogP) is 4.63. The summed E-state index contributed by atoms with van der Waals surface area (Å²) in [5.74, 6) is 0.247. The lowest BCUT2D eigenvalue weighted by molar-refractivity contribution is -0.143. The number of benzene rings is 1. The van der Waals surface area contributed by atoms with Crippen LogP contribution in [0, 0.1) is 5.92 Å². The Morgan fingerprint density at radius 3 is 2.78 bits per heavy atom. The second kappa shape index (κ2) is 5.06. The summed E-state index contributed by atoms with van der Waals surface area (Å²) in [6, 6.07) is 7.33. The van der Waals surface area contributed by atoms with Gasteiger partial charge in [0, 0.05) is 5.56 Å². The first-order valence-corrected chi connectivity index (χ1v) is 8.29. The average Bonchev–Trinajstić information content (AvgIpc) is 3.06. The maximum atomic E-state index is 13.7. The summed E-state index contributed by atoms with van der Waals surface area (Å²) in [6.07, 6.45) is -2.54. The van der Waals surface area contributed by atoms with E-state index in [0.717, 1.165) is 15.8 Å². The molecule has 0 saturated heterocycles. The van der Waals surface area contributed by atoms with Gasteiger partial charge in [0.15, 0.2) is 5.69 Å². The summed E-state index contributed by atoms with van der Waals surface area (Å²) >= 11 is 1.23. The highest BCUT2D eigenvalue weighted by Gasteiger charge is 2.42. The first-order valence-electron chi connectivity index (χ1n) is 7.47. The number of hydrogen-bond acceptors (Lipinski definition) is 3. The summed E-state index contributed by atoms with van der Waals surface area (Å²) < 4.78 is 42.8. The minimum atomic E-state index is -4.44. The number of thiazole rings is 1. The molecule has 0 amide bonds. The number of halogens is 3. The molecule has 2 heterocycles. The van der Waals surface area contributed by atoms with Gasteiger partial charge in [0.2, 0.25) is 5.13 Å². The van der Waals surface area contributed by atoms with Gasteiger partial charge < -0.3 is 0 Å². The molecular formula is C16H14F3N3S. The zero-order valence-electron chi connectivity index (χ0n) is 12.4. The van der Waals surface area contributed by atoms with Crippen molar-refractivity contribution in [3.8, 4) is 5.13 Å². The van der Waals surface area contributed by atoms with Crippen molar-refractivity contribution in [2.24, 2.45) is 5.92 Å². The van der Waals surface area contributed by atoms with Crippen LogP contribution in [0.3, 0.4) is 0 Å². The summed E-state index contributed by atoms with van der Waals surface area (Å²) in [4.78, 5) is 4.34. The Kier molecular flexibility index (Phi) is 3.23. The summed E-state index contributed by atoms with van der Waals surface area (Å²) in [5.41, 5.74) is 0.950. The molecule has 1 aromatic carbocycles. The Balaban J connectivity index is 1.94. The first-order chi connectivity index (χ1) is 10.9. The van der Waals surface area contributed by atoms with E-state index in [1.54, 1.807) is 6.07 Å². The van der Waals surface area contributed by atoms with Crippen LogP contribution in [0.5, 0.6) is 0 Å². The quantitative estimate of drug-likeness (QED) is 0.648. The van der Waals surface area contributed by atoms with Gasteiger partial charge in [-0.1, -0.05) is 30.4 Å². The van der Waals surface area contributed by atoms with Gasteiger partial charge in [-0.25, -0.2) is 9.67 Å². The van der Waals surface area contributed by atoms with Crippen LogP contribution < -0.4 is 0 Å². The second-order valence-electron chi connectivity index (χ2n) is 6.00. The molecule has 0 bridgehead atoms. The Bertz CT molecular complexity index is 845. The highest BCUT2D eigenvalue weighted by Crippen LogP contribution is 2.40. The Hall–Kier alpha value is -1.89. The molecule has 1 aliphatic carbocycles. The van der Waals surface area contributed by atoms with Crippen LogP contribution in [0.1, 0.15) is 30.3 Å². The molecule has 0 saturated carbocycles. The number of fused-ring (bicyclic) bond motifs is 2. The fraction of sp³-hybridized carbons (Fsp3) is 0.375. The summed E-state index contributed by atoms with van der Waals surface area (Å²) in [5, 5.41) is 4.54. The molecule has 23 heavy (non-hydrogen) atoms. The van der Waals surface area contributed by atoms with Crippen molar-refractivity contribution in [3.05, 3.63) is 41.2 Å². The fourth-order valence-electron chi connectivity index (χ4n) is 3.12. The van der Waals surface area contributed by atoms with Gasteiger partial charge in [0.05, 0.1) is 15.9 Å². The van der Waals surface area contributed by atoms with Crippen LogP contribution in [0.2, 0.25) is 0 Å². The van der Waals surface area contributed by atoms with E-state index in [-0.39, 0.29) is 11.0 Å². The van der Waals surface area contributed by atoms with E-state index in [4.69, 9.17) is 0 Å². The third-order valence-electron chi connectivity index (χ3n) is 4.23. The van der Waals surface area contributed by atoms with Crippen LogP contribution in [0.4, 0.5) is 13.2 Å². The standard InChI is InChI=1S/C16H14F3N3S/c1-9-6-7-11-10(8-9)14(16(17,18)19)22(21-11)15-20-12-4-2-3-5-13(12)23-15/h2-5,9H,6-8H2,1H3/t9-/m1/s1. The van der Waals surface area contributed by atoms with Crippen molar-refractivity contribution in [1.82, 2.24) is 14.8 Å². The van der Waals surface area contributed by atoms with Crippen molar-refractivity contribution in [2.75, 3.05) is 0 Å². The molecule has 3 aromatic rings. The van der Waals surface area contributed by atoms with Crippen LogP contribution in [-0.4, -0.2) is 14.8 Å². The van der Waals surface area contributed by atoms with Crippen LogP contribution in [0.15, 0.2) is 24.3 Å². The van der Waals surface area contributed by atoms with Gasteiger partial charge in [-0.15, -0.1) is 0 Å². The molecule has 120 valence electrons. The third kappa shape index (κ3) is 2.43. The monoisotopic (exact) mass is 337 g/mol. The highest BCUT2D eigenvalue weighted by atomic mass is 32.1. The first kappa shape index (κ1) is 14.7. The van der Waals surface area contributed by atoms with E-state index in [1.807, 2.05) is 25.1 Å². The molecule has 0 N–H and O–H groups in total. The maximum absolute atomic E-state index is 13.7. The van der Waals surface area contributed by atoms with E-state index < -0.39 is 11.9 Å². The van der Waals surface area contributed by atoms with E-state index in [1.165, 1.54) is 11.3 Å². The van der Waals surface area contributed by atoms with Gasteiger partial charge in [-0.3, -0.25) is 0 Å². The number of rotatable bonds is 1. The zero-order chi connectivity index (χ0) is 16.2. The molecule has 0 fully saturated rings. The number of nitrogens with zero attached hydrogens (tertiary/aromatic N) is 3. The van der Waals surface area contributed by atoms with Crippen molar-refractivity contribution in [2.45, 2.75) is 32.4 Å². The summed E-state index contributed by atoms with van der Waals surface area (Å²) in [7, 11) is 0. The smallest absolute Gasteiger partial charge is 0.218 e. The van der Waals surface area contributed by atoms with Gasteiger partial charge >= 0.3 is 6.18 Å². The normalized spacial score (nSPS) is 18.3. The summed E-state index contributed by atoms with van der Waals surface area (Å²) in [6.45, 7) is 1.98. The molecule has 1 aliphatic rings. The van der Waals surface area contributed by atoms with Crippen molar-refractivity contribution >= 4 is 21.6 Å². The number of aromatic nitrogens is 3. The average molecular weight is 337 g/mol. The molecule has 3 nitrogen and oxygen atoms in total. The van der Waals surface area contributed by atoms with Crippen molar-refractivity contribution in [1.29, 1.82) is 0 Å². The number of aryl methyl sites for hydroxylation is 1. The second-order valence-corrected chi connectivity index (χ2v) is 7.00. The Morgan fingerprint density at radius 1 is 1.26 bits per heavy atom. The SMILES string of the molecule is C[C@@H]1CCc2nn(-c3nc4ccccc4s3)c(C(F)(F)F)c2C1. The van der Waals surface area contributed by atoms with Gasteiger partial charge in [0.25, 0.3) is 0 Å². The largest absolute Gasteiger partial charge is 0.433 e. The molecule has 0 spiro atoms. The molecule has 0 unspecified atom stereocenters. The third-order valence-corrected chi connectivity index (χ3v) is 5.24. The number of alkyl halides is 3. The van der Waals surface area contributed by atoms with E-state index >= 15 is 0 Å². The van der Waals surface area contributed by atoms with Crippen LogP contribution >= 0.6 is 11.3 Å². The Morgan fingerprint density at radius 2 is 2.04 bits per heavy atom. The topological polar surface area (TPSA) is 30.7 Å². The fourth-order valence-corrected chi connectivity index (χ4v) is 4.05. The molecule has 4 rings (SSSR count). The van der Waals surface area contributed by atoms with E-state index in [9.17, 15) is 13.2 Å². The molecule has 0 aliphatic heterocycles. The Labute approximate surface area is 134 Å². The minimum Gasteiger partial charge on any atom is -0.218 e. The van der Waals surface area contributed by atoms with Crippen molar-refractivity contribution < 1.29 is 13.2 Å². The maximum Gasteiger partial charge on any atom is 0.433 e. The molecular weight excluding hydrogens is 323 g/mol. The van der Waals surface area contributed by atoms with E-state index in [0.29, 0.717) is 29.6 Å². The van der Waals surface area contributed by atoms with Crippen LogP contribution in [-0.2, 0) is 19.0 Å². The van der Waals surface area contributed by atoms with E-state index in [2.05, 4.69) is 10.1 Å². The van der Waals surface area contributed by atoms with Gasteiger partial charge in [0.1, 0.15) is 0 Å². The van der Waals surface area contributed by atoms with Gasteiger partial charge in [-0.05, 0) is 37.3 Å². The molecule has 7 heteroatoms. The predicted molar refractivity (Wildman–Crippen MR) is 82.9 cm³/mol. The number of para-hydroxylation sites is 1. The lowest BCUT2D eigenvalue weighted by Gasteiger charge is -2.18. The van der Waals surface area contributed by atoms with Gasteiger partial charge in [-0.2, -0.15) is 18.3 Å². The number of hydrogen-bond donors (Lipinski definition) is 0. The minimum absolute atomic E-state index is 0.247.